The molecule has 0 aliphatic heterocycles. The number of hydrogen-bond donors (Lipinski definition) is 1. The van der Waals surface area contributed by atoms with Gasteiger partial charge in [0, 0.05) is 35.6 Å². The van der Waals surface area contributed by atoms with Crippen LogP contribution in [0.1, 0.15) is 46.7 Å². The van der Waals surface area contributed by atoms with Crippen molar-refractivity contribution >= 4 is 23.3 Å². The summed E-state index contributed by atoms with van der Waals surface area (Å²) in [7, 11) is 0. The van der Waals surface area contributed by atoms with Gasteiger partial charge >= 0.3 is 5.97 Å². The number of benzene rings is 2. The summed E-state index contributed by atoms with van der Waals surface area (Å²) in [6.45, 7) is 5.53. The normalized spacial score (nSPS) is 10.6. The summed E-state index contributed by atoms with van der Waals surface area (Å²) in [4.78, 5) is 36.5. The van der Waals surface area contributed by atoms with E-state index in [0.29, 0.717) is 34.7 Å². The number of anilines is 1. The second kappa shape index (κ2) is 10.0. The molecule has 1 aromatic heterocycles. The van der Waals surface area contributed by atoms with Gasteiger partial charge in [0.25, 0.3) is 0 Å². The van der Waals surface area contributed by atoms with E-state index in [4.69, 9.17) is 4.74 Å². The van der Waals surface area contributed by atoms with Crippen molar-refractivity contribution in [2.75, 3.05) is 11.9 Å². The Hall–Kier alpha value is -3.74. The van der Waals surface area contributed by atoms with E-state index >= 15 is 0 Å². The van der Waals surface area contributed by atoms with Crippen LogP contribution in [-0.4, -0.2) is 28.8 Å². The minimum absolute atomic E-state index is 0.0838. The average molecular weight is 436 g/mol. The van der Waals surface area contributed by atoms with Crippen molar-refractivity contribution in [1.29, 1.82) is 0 Å². The second-order valence-electron chi connectivity index (χ2n) is 7.34. The van der Waals surface area contributed by atoms with E-state index in [0.717, 1.165) is 5.56 Å². The number of hydrogen-bond acceptors (Lipinski definition) is 4. The largest absolute Gasteiger partial charge is 0.462 e. The topological polar surface area (TPSA) is 77.4 Å². The van der Waals surface area contributed by atoms with Crippen molar-refractivity contribution in [1.82, 2.24) is 4.57 Å². The number of esters is 1. The molecule has 0 saturated heterocycles. The Balaban J connectivity index is 1.83. The van der Waals surface area contributed by atoms with E-state index in [1.165, 1.54) is 19.1 Å². The summed E-state index contributed by atoms with van der Waals surface area (Å²) in [6, 6.07) is 14.4. The number of Topliss-reactive ketones (excluding diaryl/α,β-unsaturated/α-hetero) is 1. The number of ketones is 1. The first-order valence-electron chi connectivity index (χ1n) is 10.3. The van der Waals surface area contributed by atoms with Gasteiger partial charge in [0.05, 0.1) is 12.2 Å². The van der Waals surface area contributed by atoms with Gasteiger partial charge in [-0.25, -0.2) is 9.18 Å². The fourth-order valence-electron chi connectivity index (χ4n) is 3.46. The smallest absolute Gasteiger partial charge is 0.339 e. The number of carbonyl (C=O) groups excluding carboxylic acids is 3. The van der Waals surface area contributed by atoms with Gasteiger partial charge in [-0.15, -0.1) is 0 Å². The van der Waals surface area contributed by atoms with Gasteiger partial charge in [-0.3, -0.25) is 9.59 Å². The molecule has 2 aromatic carbocycles. The van der Waals surface area contributed by atoms with Gasteiger partial charge in [0.15, 0.2) is 5.78 Å². The predicted octanol–water partition coefficient (Wildman–Crippen LogP) is 5.01. The zero-order valence-electron chi connectivity index (χ0n) is 18.3. The van der Waals surface area contributed by atoms with Crippen LogP contribution in [0.15, 0.2) is 54.6 Å². The van der Waals surface area contributed by atoms with Crippen LogP contribution in [0.5, 0.6) is 0 Å². The maximum Gasteiger partial charge on any atom is 0.339 e. The maximum atomic E-state index is 13.4. The van der Waals surface area contributed by atoms with E-state index in [-0.39, 0.29) is 30.5 Å². The van der Waals surface area contributed by atoms with Crippen molar-refractivity contribution < 1.29 is 23.5 Å². The van der Waals surface area contributed by atoms with Gasteiger partial charge in [-0.05, 0) is 68.8 Å². The summed E-state index contributed by atoms with van der Waals surface area (Å²) >= 11 is 0. The third kappa shape index (κ3) is 5.29. The molecular weight excluding hydrogens is 411 g/mol. The number of ether oxygens (including phenoxy) is 1. The van der Waals surface area contributed by atoms with Crippen LogP contribution in [-0.2, 0) is 16.1 Å². The summed E-state index contributed by atoms with van der Waals surface area (Å²) < 4.78 is 20.4. The molecule has 3 aromatic rings. The third-order valence-corrected chi connectivity index (χ3v) is 5.12. The van der Waals surface area contributed by atoms with E-state index < -0.39 is 5.97 Å². The molecule has 1 N–H and O–H groups in total. The molecule has 0 atom stereocenters. The molecule has 7 heteroatoms. The minimum atomic E-state index is -0.447. The summed E-state index contributed by atoms with van der Waals surface area (Å²) in [5.74, 6) is -1.12. The first-order chi connectivity index (χ1) is 15.3. The number of halogens is 1. The van der Waals surface area contributed by atoms with E-state index in [1.807, 2.05) is 4.57 Å². The number of carbonyl (C=O) groups is 3. The molecule has 0 fully saturated rings. The first kappa shape index (κ1) is 22.9. The predicted molar refractivity (Wildman–Crippen MR) is 120 cm³/mol. The van der Waals surface area contributed by atoms with Crippen molar-refractivity contribution in [3.05, 3.63) is 77.2 Å². The first-order valence-corrected chi connectivity index (χ1v) is 10.3. The highest BCUT2D eigenvalue weighted by molar-refractivity contribution is 5.97. The molecule has 1 amide bonds. The van der Waals surface area contributed by atoms with Crippen LogP contribution in [0.2, 0.25) is 0 Å². The zero-order valence-corrected chi connectivity index (χ0v) is 18.3. The zero-order chi connectivity index (χ0) is 23.3. The molecule has 0 unspecified atom stereocenters. The highest BCUT2D eigenvalue weighted by Crippen LogP contribution is 2.27. The lowest BCUT2D eigenvalue weighted by Crippen LogP contribution is -2.16. The van der Waals surface area contributed by atoms with Gasteiger partial charge in [-0.2, -0.15) is 0 Å². The number of nitrogens with one attached hydrogen (secondary N) is 1. The van der Waals surface area contributed by atoms with Crippen molar-refractivity contribution in [3.63, 3.8) is 0 Å². The van der Waals surface area contributed by atoms with E-state index in [2.05, 4.69) is 5.32 Å². The quantitative estimate of drug-likeness (QED) is 0.398. The van der Waals surface area contributed by atoms with E-state index in [1.54, 1.807) is 56.3 Å². The molecule has 0 radical (unpaired) electrons. The van der Waals surface area contributed by atoms with Crippen LogP contribution >= 0.6 is 0 Å². The molecule has 0 bridgehead atoms. The van der Waals surface area contributed by atoms with Crippen LogP contribution in [0.4, 0.5) is 10.1 Å². The highest BCUT2D eigenvalue weighted by Gasteiger charge is 2.20. The Kier molecular flexibility index (Phi) is 7.20. The molecule has 1 heterocycles. The van der Waals surface area contributed by atoms with Gasteiger partial charge in [-0.1, -0.05) is 12.1 Å². The molecule has 6 nitrogen and oxygen atoms in total. The molecule has 32 heavy (non-hydrogen) atoms. The van der Waals surface area contributed by atoms with Crippen molar-refractivity contribution in [2.45, 2.75) is 33.7 Å². The van der Waals surface area contributed by atoms with Crippen LogP contribution in [0, 0.1) is 12.7 Å². The Morgan fingerprint density at radius 1 is 1.06 bits per heavy atom. The summed E-state index contributed by atoms with van der Waals surface area (Å²) in [5.41, 5.74) is 3.53. The average Bonchev–Trinajstić information content (AvgIpc) is 3.09. The van der Waals surface area contributed by atoms with Crippen LogP contribution < -0.4 is 5.32 Å². The third-order valence-electron chi connectivity index (χ3n) is 5.12. The van der Waals surface area contributed by atoms with Crippen LogP contribution in [0.25, 0.3) is 11.3 Å². The molecule has 0 spiro atoms. The lowest BCUT2D eigenvalue weighted by Gasteiger charge is -2.13. The minimum Gasteiger partial charge on any atom is -0.462 e. The van der Waals surface area contributed by atoms with E-state index in [9.17, 15) is 18.8 Å². The Labute approximate surface area is 186 Å². The number of amides is 1. The second-order valence-corrected chi connectivity index (χ2v) is 7.34. The van der Waals surface area contributed by atoms with Gasteiger partial charge in [0.1, 0.15) is 5.82 Å². The molecule has 0 aliphatic rings. The SMILES string of the molecule is CCOC(=O)c1cc(-c2ccc(F)cc2)n(CCC(=O)Nc2cccc(C(C)=O)c2)c1C. The molecule has 0 saturated carbocycles. The number of nitrogens with zero attached hydrogens (tertiary/aromatic N) is 1. The fourth-order valence-corrected chi connectivity index (χ4v) is 3.46. The van der Waals surface area contributed by atoms with Crippen molar-refractivity contribution in [3.8, 4) is 11.3 Å². The standard InChI is InChI=1S/C25H25FN2O4/c1-4-32-25(31)22-15-23(18-8-10-20(26)11-9-18)28(16(22)2)13-12-24(30)27-21-7-5-6-19(14-21)17(3)29/h5-11,14-15H,4,12-13H2,1-3H3,(H,27,30). The number of rotatable bonds is 8. The van der Waals surface area contributed by atoms with Crippen LogP contribution in [0.3, 0.4) is 0 Å². The summed E-state index contributed by atoms with van der Waals surface area (Å²) in [6.07, 6.45) is 0.135. The summed E-state index contributed by atoms with van der Waals surface area (Å²) in [5, 5.41) is 2.80. The van der Waals surface area contributed by atoms with Crippen molar-refractivity contribution in [2.24, 2.45) is 0 Å². The maximum absolute atomic E-state index is 13.4. The highest BCUT2D eigenvalue weighted by atomic mass is 19.1. The molecule has 0 aliphatic carbocycles. The Bertz CT molecular complexity index is 1150. The Morgan fingerprint density at radius 3 is 2.44 bits per heavy atom. The molecular formula is C25H25FN2O4. The lowest BCUT2D eigenvalue weighted by molar-refractivity contribution is -0.116. The van der Waals surface area contributed by atoms with Gasteiger partial charge in [0.2, 0.25) is 5.91 Å². The molecule has 166 valence electrons. The van der Waals surface area contributed by atoms with Gasteiger partial charge < -0.3 is 14.6 Å². The fraction of sp³-hybridized carbons (Fsp3) is 0.240. The Morgan fingerprint density at radius 2 is 1.78 bits per heavy atom. The number of aromatic nitrogens is 1. The molecule has 3 rings (SSSR count). The lowest BCUT2D eigenvalue weighted by atomic mass is 10.1. The monoisotopic (exact) mass is 436 g/mol.